The molecule has 0 radical (unpaired) electrons. The van der Waals surface area contributed by atoms with Gasteiger partial charge in [-0.2, -0.15) is 0 Å². The molecule has 2 N–H and O–H groups in total. The number of rotatable bonds is 1. The van der Waals surface area contributed by atoms with E-state index in [1.54, 1.807) is 0 Å². The highest BCUT2D eigenvalue weighted by atomic mass is 127. The van der Waals surface area contributed by atoms with Gasteiger partial charge in [-0.1, -0.05) is 18.6 Å². The molecule has 0 saturated heterocycles. The van der Waals surface area contributed by atoms with Crippen molar-refractivity contribution < 1.29 is 0 Å². The van der Waals surface area contributed by atoms with Gasteiger partial charge in [-0.05, 0) is 59.0 Å². The summed E-state index contributed by atoms with van der Waals surface area (Å²) in [5.74, 6) is 0.608. The van der Waals surface area contributed by atoms with Gasteiger partial charge in [0.15, 0.2) is 0 Å². The SMILES string of the molecule is N[C@@H]1CCC[C@@H]1c1ccc(I)cc1. The van der Waals surface area contributed by atoms with Crippen LogP contribution >= 0.6 is 22.6 Å². The topological polar surface area (TPSA) is 26.0 Å². The summed E-state index contributed by atoms with van der Waals surface area (Å²) in [7, 11) is 0. The Labute approximate surface area is 92.9 Å². The van der Waals surface area contributed by atoms with E-state index in [4.69, 9.17) is 5.73 Å². The first-order valence-corrected chi connectivity index (χ1v) is 5.86. The Balaban J connectivity index is 2.20. The van der Waals surface area contributed by atoms with Crippen LogP contribution in [-0.4, -0.2) is 6.04 Å². The first-order valence-electron chi connectivity index (χ1n) is 4.78. The van der Waals surface area contributed by atoms with Gasteiger partial charge in [-0.25, -0.2) is 0 Å². The summed E-state index contributed by atoms with van der Waals surface area (Å²) in [6.45, 7) is 0. The molecule has 1 saturated carbocycles. The van der Waals surface area contributed by atoms with E-state index in [2.05, 4.69) is 46.9 Å². The quantitative estimate of drug-likeness (QED) is 0.790. The smallest absolute Gasteiger partial charge is 0.0130 e. The van der Waals surface area contributed by atoms with Crippen molar-refractivity contribution >= 4 is 22.6 Å². The minimum atomic E-state index is 0.389. The first-order chi connectivity index (χ1) is 6.27. The Morgan fingerprint density at radius 2 is 1.85 bits per heavy atom. The van der Waals surface area contributed by atoms with Crippen molar-refractivity contribution in [2.24, 2.45) is 5.73 Å². The van der Waals surface area contributed by atoms with Crippen LogP contribution in [0, 0.1) is 3.57 Å². The molecule has 2 atom stereocenters. The first kappa shape index (κ1) is 9.46. The van der Waals surface area contributed by atoms with E-state index in [0.717, 1.165) is 0 Å². The number of hydrogen-bond donors (Lipinski definition) is 1. The van der Waals surface area contributed by atoms with Gasteiger partial charge in [0.25, 0.3) is 0 Å². The second kappa shape index (κ2) is 3.96. The molecule has 1 aromatic carbocycles. The van der Waals surface area contributed by atoms with Crippen LogP contribution in [0.2, 0.25) is 0 Å². The maximum absolute atomic E-state index is 6.05. The predicted octanol–water partition coefficient (Wildman–Crippen LogP) is 2.89. The number of hydrogen-bond acceptors (Lipinski definition) is 1. The molecule has 0 spiro atoms. The highest BCUT2D eigenvalue weighted by molar-refractivity contribution is 14.1. The maximum Gasteiger partial charge on any atom is 0.0130 e. The molecular formula is C11H14IN. The lowest BCUT2D eigenvalue weighted by Gasteiger charge is -2.15. The zero-order valence-corrected chi connectivity index (χ0v) is 9.70. The Kier molecular flexibility index (Phi) is 2.89. The Hall–Kier alpha value is -0.0900. The van der Waals surface area contributed by atoms with Gasteiger partial charge in [0, 0.05) is 9.61 Å². The summed E-state index contributed by atoms with van der Waals surface area (Å²) in [5, 5.41) is 0. The molecular weight excluding hydrogens is 273 g/mol. The van der Waals surface area contributed by atoms with Crippen LogP contribution < -0.4 is 5.73 Å². The van der Waals surface area contributed by atoms with Crippen molar-refractivity contribution in [3.8, 4) is 0 Å². The van der Waals surface area contributed by atoms with Crippen LogP contribution in [0.5, 0.6) is 0 Å². The lowest BCUT2D eigenvalue weighted by atomic mass is 9.95. The van der Waals surface area contributed by atoms with Crippen LogP contribution in [0.1, 0.15) is 30.7 Å². The molecule has 70 valence electrons. The standard InChI is InChI=1S/C11H14IN/c12-9-6-4-8(5-7-9)10-2-1-3-11(10)13/h4-7,10-11H,1-3,13H2/t10-,11-/m1/s1. The average Bonchev–Trinajstić information content (AvgIpc) is 2.53. The molecule has 0 aromatic heterocycles. The second-order valence-corrected chi connectivity index (χ2v) is 5.00. The molecule has 0 bridgehead atoms. The molecule has 1 fully saturated rings. The molecule has 0 aliphatic heterocycles. The van der Waals surface area contributed by atoms with Gasteiger partial charge in [-0.15, -0.1) is 0 Å². The lowest BCUT2D eigenvalue weighted by Crippen LogP contribution is -2.22. The molecule has 1 aliphatic carbocycles. The molecule has 1 nitrogen and oxygen atoms in total. The van der Waals surface area contributed by atoms with Gasteiger partial charge in [-0.3, -0.25) is 0 Å². The Morgan fingerprint density at radius 3 is 2.38 bits per heavy atom. The lowest BCUT2D eigenvalue weighted by molar-refractivity contribution is 0.613. The normalized spacial score (nSPS) is 27.8. The predicted molar refractivity (Wildman–Crippen MR) is 63.7 cm³/mol. The zero-order valence-electron chi connectivity index (χ0n) is 7.54. The van der Waals surface area contributed by atoms with Crippen molar-refractivity contribution in [3.63, 3.8) is 0 Å². The van der Waals surface area contributed by atoms with Gasteiger partial charge in [0.05, 0.1) is 0 Å². The summed E-state index contributed by atoms with van der Waals surface area (Å²) in [5.41, 5.74) is 7.47. The van der Waals surface area contributed by atoms with Crippen LogP contribution in [0.4, 0.5) is 0 Å². The van der Waals surface area contributed by atoms with Gasteiger partial charge < -0.3 is 5.73 Å². The fourth-order valence-corrected chi connectivity index (χ4v) is 2.47. The van der Waals surface area contributed by atoms with Crippen LogP contribution in [0.3, 0.4) is 0 Å². The third kappa shape index (κ3) is 2.05. The minimum Gasteiger partial charge on any atom is -0.327 e. The summed E-state index contributed by atoms with van der Waals surface area (Å²) in [6, 6.07) is 9.16. The molecule has 2 rings (SSSR count). The van der Waals surface area contributed by atoms with Gasteiger partial charge in [0.2, 0.25) is 0 Å². The summed E-state index contributed by atoms with van der Waals surface area (Å²) in [4.78, 5) is 0. The average molecular weight is 287 g/mol. The van der Waals surface area contributed by atoms with E-state index in [1.165, 1.54) is 28.4 Å². The number of nitrogens with two attached hydrogens (primary N) is 1. The Morgan fingerprint density at radius 1 is 1.15 bits per heavy atom. The largest absolute Gasteiger partial charge is 0.327 e. The van der Waals surface area contributed by atoms with Crippen LogP contribution in [0.25, 0.3) is 0 Å². The molecule has 1 aliphatic rings. The fourth-order valence-electron chi connectivity index (χ4n) is 2.11. The van der Waals surface area contributed by atoms with E-state index < -0.39 is 0 Å². The molecule has 0 amide bonds. The molecule has 1 aromatic rings. The zero-order chi connectivity index (χ0) is 9.26. The van der Waals surface area contributed by atoms with Crippen molar-refractivity contribution in [2.45, 2.75) is 31.2 Å². The Bertz CT molecular complexity index is 281. The highest BCUT2D eigenvalue weighted by Gasteiger charge is 2.24. The van der Waals surface area contributed by atoms with Gasteiger partial charge >= 0.3 is 0 Å². The van der Waals surface area contributed by atoms with Gasteiger partial charge in [0.1, 0.15) is 0 Å². The van der Waals surface area contributed by atoms with Crippen LogP contribution in [-0.2, 0) is 0 Å². The molecule has 13 heavy (non-hydrogen) atoms. The van der Waals surface area contributed by atoms with Crippen molar-refractivity contribution in [1.29, 1.82) is 0 Å². The third-order valence-corrected chi connectivity index (χ3v) is 3.59. The molecule has 0 heterocycles. The number of halogens is 1. The van der Waals surface area contributed by atoms with Crippen molar-refractivity contribution in [1.82, 2.24) is 0 Å². The second-order valence-electron chi connectivity index (χ2n) is 3.75. The van der Waals surface area contributed by atoms with E-state index in [9.17, 15) is 0 Å². The monoisotopic (exact) mass is 287 g/mol. The van der Waals surface area contributed by atoms with E-state index in [-0.39, 0.29) is 0 Å². The highest BCUT2D eigenvalue weighted by Crippen LogP contribution is 2.33. The third-order valence-electron chi connectivity index (χ3n) is 2.87. The summed E-state index contributed by atoms with van der Waals surface area (Å²) >= 11 is 2.33. The summed E-state index contributed by atoms with van der Waals surface area (Å²) in [6.07, 6.45) is 3.75. The van der Waals surface area contributed by atoms with Crippen LogP contribution in [0.15, 0.2) is 24.3 Å². The van der Waals surface area contributed by atoms with E-state index in [1.807, 2.05) is 0 Å². The number of benzene rings is 1. The van der Waals surface area contributed by atoms with Crippen molar-refractivity contribution in [3.05, 3.63) is 33.4 Å². The molecule has 0 unspecified atom stereocenters. The minimum absolute atomic E-state index is 0.389. The molecule has 2 heteroatoms. The van der Waals surface area contributed by atoms with E-state index in [0.29, 0.717) is 12.0 Å². The van der Waals surface area contributed by atoms with E-state index >= 15 is 0 Å². The van der Waals surface area contributed by atoms with Crippen molar-refractivity contribution in [2.75, 3.05) is 0 Å². The maximum atomic E-state index is 6.05. The fraction of sp³-hybridized carbons (Fsp3) is 0.455. The summed E-state index contributed by atoms with van der Waals surface area (Å²) < 4.78 is 1.30.